The van der Waals surface area contributed by atoms with Gasteiger partial charge in [0, 0.05) is 19.0 Å². The van der Waals surface area contributed by atoms with Gasteiger partial charge in [-0.2, -0.15) is 0 Å². The lowest BCUT2D eigenvalue weighted by Crippen LogP contribution is -2.40. The quantitative estimate of drug-likeness (QED) is 0.697. The van der Waals surface area contributed by atoms with Gasteiger partial charge < -0.3 is 15.7 Å². The first-order valence-electron chi connectivity index (χ1n) is 6.81. The summed E-state index contributed by atoms with van der Waals surface area (Å²) >= 11 is 0. The Morgan fingerprint density at radius 1 is 1.29 bits per heavy atom. The van der Waals surface area contributed by atoms with E-state index in [9.17, 15) is 14.4 Å². The molecule has 2 amide bonds. The highest BCUT2D eigenvalue weighted by Gasteiger charge is 2.17. The molecule has 1 atom stereocenters. The molecule has 0 aliphatic heterocycles. The average molecular weight is 292 g/mol. The average Bonchev–Trinajstić information content (AvgIpc) is 2.49. The smallest absolute Gasteiger partial charge is 0.326 e. The standard InChI is InChI=1S/C15H20N2O4/c1-3-12(15(20)21)17-13(18)8-7-10-5-4-6-11(9-10)14(19)16-2/h4-6,9,12H,3,7-8H2,1-2H3,(H,16,19)(H,17,18)(H,20,21). The van der Waals surface area contributed by atoms with Gasteiger partial charge in [0.05, 0.1) is 0 Å². The first-order valence-corrected chi connectivity index (χ1v) is 6.81. The summed E-state index contributed by atoms with van der Waals surface area (Å²) in [6.07, 6.45) is 0.973. The second-order valence-electron chi connectivity index (χ2n) is 4.65. The van der Waals surface area contributed by atoms with Crippen molar-refractivity contribution in [1.82, 2.24) is 10.6 Å². The molecule has 0 radical (unpaired) electrons. The lowest BCUT2D eigenvalue weighted by molar-refractivity contribution is -0.141. The first-order chi connectivity index (χ1) is 9.97. The molecule has 0 aromatic heterocycles. The molecule has 0 aliphatic rings. The number of carbonyl (C=O) groups is 3. The lowest BCUT2D eigenvalue weighted by atomic mass is 10.1. The number of nitrogens with one attached hydrogen (secondary N) is 2. The molecule has 0 saturated carbocycles. The SMILES string of the molecule is CCC(NC(=O)CCc1cccc(C(=O)NC)c1)C(=O)O. The van der Waals surface area contributed by atoms with Gasteiger partial charge in [-0.25, -0.2) is 4.79 Å². The minimum atomic E-state index is -1.03. The number of carboxylic acids is 1. The van der Waals surface area contributed by atoms with Crippen molar-refractivity contribution in [3.05, 3.63) is 35.4 Å². The van der Waals surface area contributed by atoms with Crippen LogP contribution in [0.25, 0.3) is 0 Å². The van der Waals surface area contributed by atoms with E-state index in [0.29, 0.717) is 18.4 Å². The van der Waals surface area contributed by atoms with E-state index in [1.807, 2.05) is 6.07 Å². The summed E-state index contributed by atoms with van der Waals surface area (Å²) in [4.78, 5) is 34.1. The number of carbonyl (C=O) groups excluding carboxylic acids is 2. The van der Waals surface area contributed by atoms with Crippen molar-refractivity contribution >= 4 is 17.8 Å². The molecule has 0 aliphatic carbocycles. The summed E-state index contributed by atoms with van der Waals surface area (Å²) in [6, 6.07) is 6.15. The first kappa shape index (κ1) is 16.7. The predicted molar refractivity (Wildman–Crippen MR) is 78.0 cm³/mol. The Morgan fingerprint density at radius 3 is 2.57 bits per heavy atom. The molecule has 0 saturated heterocycles. The molecule has 1 rings (SSSR count). The van der Waals surface area contributed by atoms with Gasteiger partial charge in [0.15, 0.2) is 0 Å². The molecule has 0 fully saturated rings. The van der Waals surface area contributed by atoms with Crippen LogP contribution >= 0.6 is 0 Å². The van der Waals surface area contributed by atoms with Gasteiger partial charge in [0.25, 0.3) is 5.91 Å². The van der Waals surface area contributed by atoms with Crippen LogP contribution in [-0.2, 0) is 16.0 Å². The van der Waals surface area contributed by atoms with Crippen LogP contribution in [0.15, 0.2) is 24.3 Å². The fourth-order valence-corrected chi connectivity index (χ4v) is 1.88. The zero-order valence-electron chi connectivity index (χ0n) is 12.2. The third kappa shape index (κ3) is 5.25. The van der Waals surface area contributed by atoms with Crippen molar-refractivity contribution in [2.75, 3.05) is 7.05 Å². The third-order valence-electron chi connectivity index (χ3n) is 3.10. The minimum Gasteiger partial charge on any atom is -0.480 e. The monoisotopic (exact) mass is 292 g/mol. The lowest BCUT2D eigenvalue weighted by Gasteiger charge is -2.12. The molecule has 0 bridgehead atoms. The number of carboxylic acid groups (broad SMARTS) is 1. The van der Waals surface area contributed by atoms with Crippen molar-refractivity contribution in [3.63, 3.8) is 0 Å². The van der Waals surface area contributed by atoms with E-state index in [1.165, 1.54) is 0 Å². The molecule has 6 nitrogen and oxygen atoms in total. The number of aliphatic carboxylic acids is 1. The van der Waals surface area contributed by atoms with Crippen molar-refractivity contribution < 1.29 is 19.5 Å². The Kier molecular flexibility index (Phi) is 6.39. The largest absolute Gasteiger partial charge is 0.480 e. The molecule has 1 aromatic carbocycles. The third-order valence-corrected chi connectivity index (χ3v) is 3.10. The van der Waals surface area contributed by atoms with E-state index < -0.39 is 12.0 Å². The number of aryl methyl sites for hydroxylation is 1. The molecule has 21 heavy (non-hydrogen) atoms. The maximum absolute atomic E-state index is 11.7. The van der Waals surface area contributed by atoms with Crippen molar-refractivity contribution in [3.8, 4) is 0 Å². The normalized spacial score (nSPS) is 11.5. The second-order valence-corrected chi connectivity index (χ2v) is 4.65. The van der Waals surface area contributed by atoms with Gasteiger partial charge in [0.1, 0.15) is 6.04 Å². The topological polar surface area (TPSA) is 95.5 Å². The maximum atomic E-state index is 11.7. The molecule has 6 heteroatoms. The van der Waals surface area contributed by atoms with Gasteiger partial charge in [-0.1, -0.05) is 19.1 Å². The van der Waals surface area contributed by atoms with Crippen LogP contribution < -0.4 is 10.6 Å². The Bertz CT molecular complexity index is 528. The van der Waals surface area contributed by atoms with Gasteiger partial charge in [-0.15, -0.1) is 0 Å². The molecular formula is C15H20N2O4. The molecule has 3 N–H and O–H groups in total. The summed E-state index contributed by atoms with van der Waals surface area (Å²) in [5, 5.41) is 13.9. The van der Waals surface area contributed by atoms with Crippen LogP contribution in [0.1, 0.15) is 35.7 Å². The zero-order chi connectivity index (χ0) is 15.8. The molecular weight excluding hydrogens is 272 g/mol. The van der Waals surface area contributed by atoms with E-state index in [-0.39, 0.29) is 18.2 Å². The highest BCUT2D eigenvalue weighted by Crippen LogP contribution is 2.08. The molecule has 1 aromatic rings. The van der Waals surface area contributed by atoms with Crippen LogP contribution in [0.5, 0.6) is 0 Å². The molecule has 0 heterocycles. The predicted octanol–water partition coefficient (Wildman–Crippen LogP) is 0.958. The number of rotatable bonds is 7. The van der Waals surface area contributed by atoms with Gasteiger partial charge in [0.2, 0.25) is 5.91 Å². The van der Waals surface area contributed by atoms with Gasteiger partial charge >= 0.3 is 5.97 Å². The van der Waals surface area contributed by atoms with E-state index in [4.69, 9.17) is 5.11 Å². The summed E-state index contributed by atoms with van der Waals surface area (Å²) in [7, 11) is 1.55. The maximum Gasteiger partial charge on any atom is 0.326 e. The summed E-state index contributed by atoms with van der Waals surface area (Å²) in [5.41, 5.74) is 1.39. The van der Waals surface area contributed by atoms with Crippen LogP contribution in [0, 0.1) is 0 Å². The van der Waals surface area contributed by atoms with Crippen LogP contribution in [0.2, 0.25) is 0 Å². The van der Waals surface area contributed by atoms with Crippen LogP contribution in [0.3, 0.4) is 0 Å². The summed E-state index contributed by atoms with van der Waals surface area (Å²) in [5.74, 6) is -1.53. The van der Waals surface area contributed by atoms with Crippen LogP contribution in [0.4, 0.5) is 0 Å². The summed E-state index contributed by atoms with van der Waals surface area (Å²) in [6.45, 7) is 1.70. The van der Waals surface area contributed by atoms with Crippen molar-refractivity contribution in [2.45, 2.75) is 32.2 Å². The highest BCUT2D eigenvalue weighted by molar-refractivity contribution is 5.94. The number of hydrogen-bond acceptors (Lipinski definition) is 3. The molecule has 114 valence electrons. The number of amides is 2. The number of hydrogen-bond donors (Lipinski definition) is 3. The molecule has 1 unspecified atom stereocenters. The van der Waals surface area contributed by atoms with E-state index in [2.05, 4.69) is 10.6 Å². The van der Waals surface area contributed by atoms with Crippen molar-refractivity contribution in [1.29, 1.82) is 0 Å². The van der Waals surface area contributed by atoms with E-state index >= 15 is 0 Å². The van der Waals surface area contributed by atoms with E-state index in [0.717, 1.165) is 5.56 Å². The Labute approximate surface area is 123 Å². The fourth-order valence-electron chi connectivity index (χ4n) is 1.88. The summed E-state index contributed by atoms with van der Waals surface area (Å²) < 4.78 is 0. The number of benzene rings is 1. The Balaban J connectivity index is 2.57. The van der Waals surface area contributed by atoms with Gasteiger partial charge in [-0.05, 0) is 30.5 Å². The van der Waals surface area contributed by atoms with E-state index in [1.54, 1.807) is 32.2 Å². The minimum absolute atomic E-state index is 0.182. The highest BCUT2D eigenvalue weighted by atomic mass is 16.4. The zero-order valence-corrected chi connectivity index (χ0v) is 12.2. The molecule has 0 spiro atoms. The Morgan fingerprint density at radius 2 is 2.00 bits per heavy atom. The van der Waals surface area contributed by atoms with Gasteiger partial charge in [-0.3, -0.25) is 9.59 Å². The van der Waals surface area contributed by atoms with Crippen molar-refractivity contribution in [2.24, 2.45) is 0 Å². The van der Waals surface area contributed by atoms with Crippen LogP contribution in [-0.4, -0.2) is 36.0 Å². The Hall–Kier alpha value is -2.37. The second kappa shape index (κ2) is 8.04. The fraction of sp³-hybridized carbons (Fsp3) is 0.400.